The summed E-state index contributed by atoms with van der Waals surface area (Å²) in [6, 6.07) is 9.61. The number of aromatic nitrogens is 2. The van der Waals surface area contributed by atoms with Gasteiger partial charge in [-0.15, -0.1) is 0 Å². The molecule has 2 atom stereocenters. The first-order valence-electron chi connectivity index (χ1n) is 8.71. The van der Waals surface area contributed by atoms with Gasteiger partial charge in [0.05, 0.1) is 18.3 Å². The van der Waals surface area contributed by atoms with Gasteiger partial charge in [-0.2, -0.15) is 0 Å². The summed E-state index contributed by atoms with van der Waals surface area (Å²) in [6.45, 7) is 1.44. The third kappa shape index (κ3) is 4.07. The van der Waals surface area contributed by atoms with Crippen molar-refractivity contribution in [3.8, 4) is 0 Å². The molecule has 1 aliphatic rings. The van der Waals surface area contributed by atoms with Crippen molar-refractivity contribution in [3.05, 3.63) is 54.6 Å². The molecule has 6 nitrogen and oxygen atoms in total. The first-order chi connectivity index (χ1) is 12.2. The van der Waals surface area contributed by atoms with Crippen LogP contribution in [0.25, 0.3) is 0 Å². The van der Waals surface area contributed by atoms with E-state index in [1.54, 1.807) is 24.5 Å². The molecule has 0 unspecified atom stereocenters. The van der Waals surface area contributed by atoms with E-state index in [-0.39, 0.29) is 23.8 Å². The van der Waals surface area contributed by atoms with E-state index in [1.165, 1.54) is 0 Å². The van der Waals surface area contributed by atoms with Gasteiger partial charge in [0.2, 0.25) is 11.8 Å². The number of hydrogen-bond donors (Lipinski definition) is 1. The summed E-state index contributed by atoms with van der Waals surface area (Å²) in [5.74, 6) is -0.0878. The van der Waals surface area contributed by atoms with Crippen molar-refractivity contribution in [3.63, 3.8) is 0 Å². The fourth-order valence-corrected chi connectivity index (χ4v) is 3.44. The smallest absolute Gasteiger partial charge is 0.225 e. The number of likely N-dealkylation sites (tertiary alicyclic amines) is 1. The van der Waals surface area contributed by atoms with E-state index in [4.69, 9.17) is 0 Å². The maximum atomic E-state index is 12.7. The fraction of sp³-hybridized carbons (Fsp3) is 0.421. The highest BCUT2D eigenvalue weighted by atomic mass is 16.2. The van der Waals surface area contributed by atoms with Crippen molar-refractivity contribution in [1.29, 1.82) is 0 Å². The first-order valence-corrected chi connectivity index (χ1v) is 8.71. The van der Waals surface area contributed by atoms with Crippen LogP contribution in [0.2, 0.25) is 0 Å². The molecule has 0 radical (unpaired) electrons. The minimum Gasteiger partial charge on any atom is -0.356 e. The average molecular weight is 340 g/mol. The number of benzene rings is 1. The molecule has 3 rings (SSSR count). The summed E-state index contributed by atoms with van der Waals surface area (Å²) in [6.07, 6.45) is 7.30. The van der Waals surface area contributed by atoms with Crippen LogP contribution in [0, 0.1) is 5.92 Å². The molecule has 0 bridgehead atoms. The molecule has 1 aromatic carbocycles. The number of carbonyl (C=O) groups excluding carboxylic acids is 2. The normalized spacial score (nSPS) is 20.5. The van der Waals surface area contributed by atoms with E-state index in [2.05, 4.69) is 10.3 Å². The molecule has 25 heavy (non-hydrogen) atoms. The largest absolute Gasteiger partial charge is 0.356 e. The van der Waals surface area contributed by atoms with Crippen molar-refractivity contribution in [2.24, 2.45) is 5.92 Å². The Morgan fingerprint density at radius 3 is 2.84 bits per heavy atom. The molecule has 2 aromatic rings. The molecule has 1 N–H and O–H groups in total. The topological polar surface area (TPSA) is 67.2 Å². The first kappa shape index (κ1) is 17.2. The summed E-state index contributed by atoms with van der Waals surface area (Å²) in [5, 5.41) is 3.04. The van der Waals surface area contributed by atoms with Crippen LogP contribution in [0.1, 0.15) is 30.9 Å². The molecule has 1 fully saturated rings. The molecule has 2 amide bonds. The van der Waals surface area contributed by atoms with Gasteiger partial charge in [-0.1, -0.05) is 30.3 Å². The molecule has 0 saturated carbocycles. The van der Waals surface area contributed by atoms with Gasteiger partial charge < -0.3 is 14.8 Å². The van der Waals surface area contributed by atoms with Crippen molar-refractivity contribution >= 4 is 11.8 Å². The van der Waals surface area contributed by atoms with Crippen LogP contribution in [-0.2, 0) is 16.1 Å². The van der Waals surface area contributed by atoms with Crippen molar-refractivity contribution in [2.75, 3.05) is 13.6 Å². The van der Waals surface area contributed by atoms with Gasteiger partial charge >= 0.3 is 0 Å². The number of rotatable bonds is 6. The van der Waals surface area contributed by atoms with E-state index < -0.39 is 0 Å². The van der Waals surface area contributed by atoms with Gasteiger partial charge in [-0.3, -0.25) is 9.59 Å². The van der Waals surface area contributed by atoms with Gasteiger partial charge in [0, 0.05) is 39.0 Å². The molecule has 1 aromatic heterocycles. The Balaban J connectivity index is 1.61. The Bertz CT molecular complexity index is 699. The van der Waals surface area contributed by atoms with Crippen LogP contribution in [0.3, 0.4) is 0 Å². The van der Waals surface area contributed by atoms with Crippen molar-refractivity contribution < 1.29 is 9.59 Å². The number of piperidine rings is 1. The third-order valence-electron chi connectivity index (χ3n) is 4.79. The molecule has 2 heterocycles. The van der Waals surface area contributed by atoms with E-state index >= 15 is 0 Å². The number of imidazole rings is 1. The van der Waals surface area contributed by atoms with Crippen LogP contribution >= 0.6 is 0 Å². The fourth-order valence-electron chi connectivity index (χ4n) is 3.44. The van der Waals surface area contributed by atoms with Gasteiger partial charge in [-0.05, 0) is 18.4 Å². The maximum absolute atomic E-state index is 12.7. The highest BCUT2D eigenvalue weighted by Crippen LogP contribution is 2.35. The third-order valence-corrected chi connectivity index (χ3v) is 4.79. The van der Waals surface area contributed by atoms with E-state index in [1.807, 2.05) is 41.1 Å². The highest BCUT2D eigenvalue weighted by molar-refractivity contribution is 5.84. The Hall–Kier alpha value is -2.63. The minimum absolute atomic E-state index is 0.0267. The second-order valence-electron chi connectivity index (χ2n) is 6.45. The highest BCUT2D eigenvalue weighted by Gasteiger charge is 2.38. The minimum atomic E-state index is -0.210. The Labute approximate surface area is 147 Å². The number of nitrogens with one attached hydrogen (secondary N) is 1. The zero-order valence-corrected chi connectivity index (χ0v) is 14.5. The summed E-state index contributed by atoms with van der Waals surface area (Å²) < 4.78 is 1.99. The van der Waals surface area contributed by atoms with Crippen LogP contribution in [-0.4, -0.2) is 39.9 Å². The molecule has 132 valence electrons. The number of carbonyl (C=O) groups is 2. The molecular weight excluding hydrogens is 316 g/mol. The average Bonchev–Trinajstić information content (AvgIpc) is 3.15. The lowest BCUT2D eigenvalue weighted by Gasteiger charge is -2.38. The predicted molar refractivity (Wildman–Crippen MR) is 94.5 cm³/mol. The maximum Gasteiger partial charge on any atom is 0.225 e. The van der Waals surface area contributed by atoms with Crippen LogP contribution in [0.5, 0.6) is 0 Å². The zero-order chi connectivity index (χ0) is 17.6. The van der Waals surface area contributed by atoms with Crippen molar-refractivity contribution in [2.45, 2.75) is 31.8 Å². The number of aryl methyl sites for hydroxylation is 1. The lowest BCUT2D eigenvalue weighted by molar-refractivity contribution is -0.141. The van der Waals surface area contributed by atoms with Crippen LogP contribution < -0.4 is 5.32 Å². The number of nitrogens with zero attached hydrogens (tertiary/aromatic N) is 3. The Kier molecular flexibility index (Phi) is 5.48. The zero-order valence-electron chi connectivity index (χ0n) is 14.5. The van der Waals surface area contributed by atoms with Gasteiger partial charge in [0.15, 0.2) is 0 Å². The molecular formula is C19H24N4O2. The quantitative estimate of drug-likeness (QED) is 0.818. The van der Waals surface area contributed by atoms with Gasteiger partial charge in [0.1, 0.15) is 0 Å². The lowest BCUT2D eigenvalue weighted by Crippen LogP contribution is -2.46. The molecule has 0 aliphatic carbocycles. The predicted octanol–water partition coefficient (Wildman–Crippen LogP) is 2.00. The van der Waals surface area contributed by atoms with E-state index in [9.17, 15) is 9.59 Å². The molecule has 6 heteroatoms. The monoisotopic (exact) mass is 340 g/mol. The SMILES string of the molecule is CN1C(=O)CC[C@H](C(=O)NCCCn2ccnc2)[C@@H]1c1ccccc1. The van der Waals surface area contributed by atoms with E-state index in [0.29, 0.717) is 19.4 Å². The lowest BCUT2D eigenvalue weighted by atomic mass is 9.84. The Morgan fingerprint density at radius 2 is 2.12 bits per heavy atom. The number of hydrogen-bond acceptors (Lipinski definition) is 3. The summed E-state index contributed by atoms with van der Waals surface area (Å²) in [7, 11) is 1.79. The van der Waals surface area contributed by atoms with E-state index in [0.717, 1.165) is 18.5 Å². The second-order valence-corrected chi connectivity index (χ2v) is 6.45. The summed E-state index contributed by atoms with van der Waals surface area (Å²) in [4.78, 5) is 30.6. The van der Waals surface area contributed by atoms with Crippen LogP contribution in [0.4, 0.5) is 0 Å². The summed E-state index contributed by atoms with van der Waals surface area (Å²) >= 11 is 0. The van der Waals surface area contributed by atoms with Gasteiger partial charge in [-0.25, -0.2) is 4.98 Å². The summed E-state index contributed by atoms with van der Waals surface area (Å²) in [5.41, 5.74) is 1.01. The standard InChI is InChI=1S/C19H24N4O2/c1-22-17(24)9-8-16(18(22)15-6-3-2-4-7-15)19(25)21-10-5-12-23-13-11-20-14-23/h2-4,6-7,11,13-14,16,18H,5,8-10,12H2,1H3,(H,21,25)/t16-,18-/m0/s1. The Morgan fingerprint density at radius 1 is 1.32 bits per heavy atom. The molecule has 1 saturated heterocycles. The van der Waals surface area contributed by atoms with Gasteiger partial charge in [0.25, 0.3) is 0 Å². The second kappa shape index (κ2) is 7.96. The van der Waals surface area contributed by atoms with Crippen molar-refractivity contribution in [1.82, 2.24) is 19.8 Å². The van der Waals surface area contributed by atoms with Crippen LogP contribution in [0.15, 0.2) is 49.1 Å². The molecule has 1 aliphatic heterocycles. The molecule has 0 spiro atoms. The number of amides is 2.